The van der Waals surface area contributed by atoms with Gasteiger partial charge < -0.3 is 5.11 Å². The number of fused-ring (bicyclic) bond motifs is 1. The number of phenols is 1. The molecule has 0 unspecified atom stereocenters. The van der Waals surface area contributed by atoms with Gasteiger partial charge in [0.15, 0.2) is 0 Å². The van der Waals surface area contributed by atoms with Crippen LogP contribution in [0.3, 0.4) is 0 Å². The van der Waals surface area contributed by atoms with E-state index in [1.807, 2.05) is 44.2 Å². The SMILES string of the molecule is CC.CCC(C)CC.Oc1ccccc1-n1nc2ccccc2n1. The van der Waals surface area contributed by atoms with Crippen molar-refractivity contribution in [1.82, 2.24) is 15.0 Å². The monoisotopic (exact) mass is 327 g/mol. The maximum absolute atomic E-state index is 9.69. The Kier molecular flexibility index (Phi) is 8.55. The molecule has 4 heteroatoms. The number of para-hydroxylation sites is 2. The van der Waals surface area contributed by atoms with E-state index >= 15 is 0 Å². The zero-order valence-corrected chi connectivity index (χ0v) is 15.4. The quantitative estimate of drug-likeness (QED) is 0.681. The number of aromatic nitrogens is 3. The molecule has 1 N–H and O–H groups in total. The Morgan fingerprint density at radius 2 is 1.33 bits per heavy atom. The maximum Gasteiger partial charge on any atom is 0.143 e. The summed E-state index contributed by atoms with van der Waals surface area (Å²) in [6, 6.07) is 14.6. The minimum Gasteiger partial charge on any atom is -0.506 e. The van der Waals surface area contributed by atoms with Crippen LogP contribution in [0.4, 0.5) is 0 Å². The number of phenolic OH excluding ortho intramolecular Hbond substituents is 1. The van der Waals surface area contributed by atoms with Crippen molar-refractivity contribution >= 4 is 11.0 Å². The van der Waals surface area contributed by atoms with Crippen LogP contribution in [0.1, 0.15) is 47.5 Å². The van der Waals surface area contributed by atoms with Gasteiger partial charge in [-0.1, -0.05) is 71.7 Å². The van der Waals surface area contributed by atoms with Crippen molar-refractivity contribution in [2.24, 2.45) is 5.92 Å². The Morgan fingerprint density at radius 3 is 1.75 bits per heavy atom. The van der Waals surface area contributed by atoms with Crippen molar-refractivity contribution in [3.05, 3.63) is 48.5 Å². The molecule has 0 saturated carbocycles. The lowest BCUT2D eigenvalue weighted by atomic mass is 10.1. The molecule has 0 radical (unpaired) electrons. The lowest BCUT2D eigenvalue weighted by molar-refractivity contribution is 0.468. The van der Waals surface area contributed by atoms with Crippen LogP contribution < -0.4 is 0 Å². The molecule has 2 aromatic carbocycles. The van der Waals surface area contributed by atoms with Gasteiger partial charge in [-0.3, -0.25) is 0 Å². The number of hydrogen-bond donors (Lipinski definition) is 1. The van der Waals surface area contributed by atoms with Crippen LogP contribution in [0.25, 0.3) is 16.7 Å². The van der Waals surface area contributed by atoms with Gasteiger partial charge in [-0.05, 0) is 30.2 Å². The smallest absolute Gasteiger partial charge is 0.143 e. The first-order valence-corrected chi connectivity index (χ1v) is 8.76. The van der Waals surface area contributed by atoms with Gasteiger partial charge in [-0.2, -0.15) is 0 Å². The molecule has 3 rings (SSSR count). The Labute approximate surface area is 145 Å². The molecule has 4 nitrogen and oxygen atoms in total. The van der Waals surface area contributed by atoms with Gasteiger partial charge in [-0.15, -0.1) is 15.0 Å². The molecule has 0 aliphatic carbocycles. The van der Waals surface area contributed by atoms with E-state index < -0.39 is 0 Å². The summed E-state index contributed by atoms with van der Waals surface area (Å²) in [5.41, 5.74) is 2.20. The van der Waals surface area contributed by atoms with Crippen molar-refractivity contribution in [2.45, 2.75) is 47.5 Å². The first-order valence-electron chi connectivity index (χ1n) is 8.76. The fraction of sp³-hybridized carbons (Fsp3) is 0.400. The van der Waals surface area contributed by atoms with E-state index in [0.29, 0.717) is 5.69 Å². The van der Waals surface area contributed by atoms with Crippen LogP contribution in [0.5, 0.6) is 5.75 Å². The fourth-order valence-electron chi connectivity index (χ4n) is 1.89. The Morgan fingerprint density at radius 1 is 0.875 bits per heavy atom. The molecule has 0 spiro atoms. The molecule has 0 fully saturated rings. The van der Waals surface area contributed by atoms with Crippen molar-refractivity contribution in [3.8, 4) is 11.4 Å². The van der Waals surface area contributed by atoms with Crippen molar-refractivity contribution in [2.75, 3.05) is 0 Å². The highest BCUT2D eigenvalue weighted by atomic mass is 16.3. The van der Waals surface area contributed by atoms with Gasteiger partial charge in [0.2, 0.25) is 0 Å². The van der Waals surface area contributed by atoms with Gasteiger partial charge in [0, 0.05) is 0 Å². The lowest BCUT2D eigenvalue weighted by Gasteiger charge is -2.00. The van der Waals surface area contributed by atoms with E-state index in [-0.39, 0.29) is 5.75 Å². The minimum atomic E-state index is 0.169. The van der Waals surface area contributed by atoms with Crippen molar-refractivity contribution < 1.29 is 5.11 Å². The molecule has 3 aromatic rings. The lowest BCUT2D eigenvalue weighted by Crippen LogP contribution is -1.98. The van der Waals surface area contributed by atoms with E-state index in [9.17, 15) is 5.11 Å². The third kappa shape index (κ3) is 5.37. The molecule has 1 heterocycles. The highest BCUT2D eigenvalue weighted by Crippen LogP contribution is 2.20. The summed E-state index contributed by atoms with van der Waals surface area (Å²) in [5, 5.41) is 18.3. The highest BCUT2D eigenvalue weighted by molar-refractivity contribution is 5.73. The fourth-order valence-corrected chi connectivity index (χ4v) is 1.89. The zero-order chi connectivity index (χ0) is 17.9. The third-order valence-electron chi connectivity index (χ3n) is 3.78. The summed E-state index contributed by atoms with van der Waals surface area (Å²) in [5.74, 6) is 1.10. The molecule has 24 heavy (non-hydrogen) atoms. The first-order chi connectivity index (χ1) is 11.7. The van der Waals surface area contributed by atoms with E-state index in [1.165, 1.54) is 17.6 Å². The summed E-state index contributed by atoms with van der Waals surface area (Å²) in [6.07, 6.45) is 2.66. The molecular weight excluding hydrogens is 298 g/mol. The van der Waals surface area contributed by atoms with Crippen LogP contribution >= 0.6 is 0 Å². The maximum atomic E-state index is 9.69. The standard InChI is InChI=1S/C12H9N3O.C6H14.C2H6/c16-12-8-4-3-7-11(12)15-13-9-5-1-2-6-10(9)14-15;1-4-6(3)5-2;1-2/h1-8,16H;6H,4-5H2,1-3H3;1-2H3. The Hall–Kier alpha value is -2.36. The summed E-state index contributed by atoms with van der Waals surface area (Å²) in [4.78, 5) is 1.44. The van der Waals surface area contributed by atoms with E-state index in [2.05, 4.69) is 31.0 Å². The Bertz CT molecular complexity index is 684. The van der Waals surface area contributed by atoms with Gasteiger partial charge in [0.1, 0.15) is 22.5 Å². The molecule has 0 amide bonds. The predicted octanol–water partition coefficient (Wildman–Crippen LogP) is 5.59. The minimum absolute atomic E-state index is 0.169. The van der Waals surface area contributed by atoms with Crippen LogP contribution in [-0.2, 0) is 0 Å². The van der Waals surface area contributed by atoms with Crippen LogP contribution in [-0.4, -0.2) is 20.1 Å². The van der Waals surface area contributed by atoms with Gasteiger partial charge >= 0.3 is 0 Å². The Balaban J connectivity index is 0.000000309. The number of nitrogens with zero attached hydrogens (tertiary/aromatic N) is 3. The van der Waals surface area contributed by atoms with Crippen molar-refractivity contribution in [1.29, 1.82) is 0 Å². The zero-order valence-electron chi connectivity index (χ0n) is 15.4. The summed E-state index contributed by atoms with van der Waals surface area (Å²) in [7, 11) is 0. The molecule has 0 atom stereocenters. The second kappa shape index (κ2) is 10.4. The number of aromatic hydroxyl groups is 1. The molecule has 1 aromatic heterocycles. The highest BCUT2D eigenvalue weighted by Gasteiger charge is 2.06. The molecule has 0 bridgehead atoms. The largest absolute Gasteiger partial charge is 0.506 e. The van der Waals surface area contributed by atoms with Crippen LogP contribution in [0, 0.1) is 5.92 Å². The van der Waals surface area contributed by atoms with Gasteiger partial charge in [0.25, 0.3) is 0 Å². The summed E-state index contributed by atoms with van der Waals surface area (Å²) in [6.45, 7) is 10.7. The van der Waals surface area contributed by atoms with Gasteiger partial charge in [0.05, 0.1) is 0 Å². The molecular formula is C20H29N3O. The van der Waals surface area contributed by atoms with Crippen LogP contribution in [0.2, 0.25) is 0 Å². The second-order valence-electron chi connectivity index (χ2n) is 5.39. The van der Waals surface area contributed by atoms with E-state index in [1.54, 1.807) is 18.2 Å². The molecule has 0 aliphatic heterocycles. The summed E-state index contributed by atoms with van der Waals surface area (Å²) < 4.78 is 0. The van der Waals surface area contributed by atoms with Crippen LogP contribution in [0.15, 0.2) is 48.5 Å². The predicted molar refractivity (Wildman–Crippen MR) is 102 cm³/mol. The topological polar surface area (TPSA) is 50.9 Å². The van der Waals surface area contributed by atoms with Gasteiger partial charge in [-0.25, -0.2) is 0 Å². The number of benzene rings is 2. The van der Waals surface area contributed by atoms with E-state index in [4.69, 9.17) is 0 Å². The second-order valence-corrected chi connectivity index (χ2v) is 5.39. The van der Waals surface area contributed by atoms with E-state index in [0.717, 1.165) is 17.0 Å². The number of hydrogen-bond acceptors (Lipinski definition) is 3. The number of rotatable bonds is 3. The molecule has 0 aliphatic rings. The van der Waals surface area contributed by atoms with Crippen molar-refractivity contribution in [3.63, 3.8) is 0 Å². The molecule has 0 saturated heterocycles. The third-order valence-corrected chi connectivity index (χ3v) is 3.78. The average Bonchev–Trinajstić information content (AvgIpc) is 3.07. The first kappa shape index (κ1) is 19.7. The average molecular weight is 327 g/mol. The normalized spacial score (nSPS) is 9.92. The molecule has 130 valence electrons. The summed E-state index contributed by atoms with van der Waals surface area (Å²) >= 11 is 0.